The van der Waals surface area contributed by atoms with E-state index in [1.807, 2.05) is 6.07 Å². The van der Waals surface area contributed by atoms with Crippen LogP contribution < -0.4 is 5.56 Å². The molecule has 0 atom stereocenters. The van der Waals surface area contributed by atoms with Crippen molar-refractivity contribution >= 4 is 11.0 Å². The van der Waals surface area contributed by atoms with Crippen LogP contribution in [-0.2, 0) is 6.42 Å². The number of nitrogens with zero attached hydrogens (tertiary/aromatic N) is 2. The normalized spacial score (nSPS) is 9.93. The van der Waals surface area contributed by atoms with Crippen molar-refractivity contribution in [1.29, 1.82) is 5.26 Å². The lowest BCUT2D eigenvalue weighted by Gasteiger charge is -1.97. The van der Waals surface area contributed by atoms with Gasteiger partial charge in [0.05, 0.1) is 29.7 Å². The lowest BCUT2D eigenvalue weighted by molar-refractivity contribution is 1.20. The molecule has 1 heterocycles. The minimum atomic E-state index is -0.217. The largest absolute Gasteiger partial charge is 0.319 e. The molecule has 0 aliphatic heterocycles. The SMILES string of the molecule is N#CCc1ccc2[nH]c(=O)cnc2c1. The van der Waals surface area contributed by atoms with Crippen LogP contribution in [0.15, 0.2) is 29.2 Å². The first-order chi connectivity index (χ1) is 6.79. The number of fused-ring (bicyclic) bond motifs is 1. The van der Waals surface area contributed by atoms with Crippen molar-refractivity contribution in [2.24, 2.45) is 0 Å². The molecule has 1 aromatic heterocycles. The maximum absolute atomic E-state index is 10.9. The summed E-state index contributed by atoms with van der Waals surface area (Å²) in [5, 5.41) is 8.51. The third kappa shape index (κ3) is 1.48. The van der Waals surface area contributed by atoms with Gasteiger partial charge in [-0.15, -0.1) is 0 Å². The van der Waals surface area contributed by atoms with Crippen molar-refractivity contribution in [1.82, 2.24) is 9.97 Å². The molecule has 2 rings (SSSR count). The molecule has 1 N–H and O–H groups in total. The molecule has 0 radical (unpaired) electrons. The Bertz CT molecular complexity index is 565. The van der Waals surface area contributed by atoms with Crippen LogP contribution in [0, 0.1) is 11.3 Å². The van der Waals surface area contributed by atoms with Gasteiger partial charge in [-0.05, 0) is 17.7 Å². The smallest absolute Gasteiger partial charge is 0.266 e. The molecule has 0 unspecified atom stereocenters. The van der Waals surface area contributed by atoms with Gasteiger partial charge in [0, 0.05) is 0 Å². The minimum absolute atomic E-state index is 0.217. The van der Waals surface area contributed by atoms with E-state index in [1.165, 1.54) is 6.20 Å². The van der Waals surface area contributed by atoms with Crippen LogP contribution in [-0.4, -0.2) is 9.97 Å². The van der Waals surface area contributed by atoms with E-state index in [0.29, 0.717) is 17.5 Å². The second-order valence-electron chi connectivity index (χ2n) is 2.93. The quantitative estimate of drug-likeness (QED) is 0.720. The predicted octanol–water partition coefficient (Wildman–Crippen LogP) is 0.989. The van der Waals surface area contributed by atoms with Crippen molar-refractivity contribution in [3.63, 3.8) is 0 Å². The first-order valence-corrected chi connectivity index (χ1v) is 4.14. The van der Waals surface area contributed by atoms with E-state index in [-0.39, 0.29) is 5.56 Å². The Labute approximate surface area is 79.8 Å². The molecule has 0 aliphatic carbocycles. The Hall–Kier alpha value is -2.15. The van der Waals surface area contributed by atoms with Crippen LogP contribution in [0.5, 0.6) is 0 Å². The lowest BCUT2D eigenvalue weighted by Crippen LogP contribution is -2.04. The zero-order valence-electron chi connectivity index (χ0n) is 7.32. The molecule has 14 heavy (non-hydrogen) atoms. The maximum Gasteiger partial charge on any atom is 0.266 e. The fraction of sp³-hybridized carbons (Fsp3) is 0.100. The number of H-pyrrole nitrogens is 1. The highest BCUT2D eigenvalue weighted by molar-refractivity contribution is 5.74. The van der Waals surface area contributed by atoms with Gasteiger partial charge >= 0.3 is 0 Å². The number of hydrogen-bond acceptors (Lipinski definition) is 3. The third-order valence-corrected chi connectivity index (χ3v) is 1.92. The van der Waals surface area contributed by atoms with Gasteiger partial charge in [-0.2, -0.15) is 5.26 Å². The molecule has 0 bridgehead atoms. The van der Waals surface area contributed by atoms with Gasteiger partial charge in [-0.25, -0.2) is 4.98 Å². The zero-order chi connectivity index (χ0) is 9.97. The Morgan fingerprint density at radius 3 is 3.14 bits per heavy atom. The number of hydrogen-bond donors (Lipinski definition) is 1. The van der Waals surface area contributed by atoms with E-state index in [4.69, 9.17) is 5.26 Å². The Balaban J connectivity index is 2.63. The molecule has 68 valence electrons. The molecule has 0 aliphatic rings. The molecule has 0 saturated carbocycles. The standard InChI is InChI=1S/C10H7N3O/c11-4-3-7-1-2-8-9(5-7)12-6-10(14)13-8/h1-2,5-6H,3H2,(H,13,14). The number of nitriles is 1. The van der Waals surface area contributed by atoms with Gasteiger partial charge < -0.3 is 4.98 Å². The highest BCUT2D eigenvalue weighted by Crippen LogP contribution is 2.09. The minimum Gasteiger partial charge on any atom is -0.319 e. The van der Waals surface area contributed by atoms with E-state index in [9.17, 15) is 4.79 Å². The second-order valence-corrected chi connectivity index (χ2v) is 2.93. The number of aromatic nitrogens is 2. The van der Waals surface area contributed by atoms with Crippen LogP contribution in [0.25, 0.3) is 11.0 Å². The van der Waals surface area contributed by atoms with E-state index < -0.39 is 0 Å². The number of nitrogens with one attached hydrogen (secondary N) is 1. The number of benzene rings is 1. The van der Waals surface area contributed by atoms with Crippen molar-refractivity contribution in [2.75, 3.05) is 0 Å². The summed E-state index contributed by atoms with van der Waals surface area (Å²) in [6.07, 6.45) is 1.59. The summed E-state index contributed by atoms with van der Waals surface area (Å²) in [4.78, 5) is 17.6. The Morgan fingerprint density at radius 1 is 1.50 bits per heavy atom. The summed E-state index contributed by atoms with van der Waals surface area (Å²) < 4.78 is 0. The molecule has 0 saturated heterocycles. The molecule has 1 aromatic carbocycles. The summed E-state index contributed by atoms with van der Waals surface area (Å²) in [5.41, 5.74) is 2.08. The summed E-state index contributed by atoms with van der Waals surface area (Å²) in [6.45, 7) is 0. The van der Waals surface area contributed by atoms with Crippen LogP contribution in [0.4, 0.5) is 0 Å². The Morgan fingerprint density at radius 2 is 2.36 bits per heavy atom. The maximum atomic E-state index is 10.9. The first-order valence-electron chi connectivity index (χ1n) is 4.14. The van der Waals surface area contributed by atoms with Gasteiger partial charge in [0.15, 0.2) is 0 Å². The zero-order valence-corrected chi connectivity index (χ0v) is 7.32. The van der Waals surface area contributed by atoms with Gasteiger partial charge in [0.2, 0.25) is 0 Å². The van der Waals surface area contributed by atoms with Crippen molar-refractivity contribution in [3.8, 4) is 6.07 Å². The van der Waals surface area contributed by atoms with E-state index in [2.05, 4.69) is 16.0 Å². The lowest BCUT2D eigenvalue weighted by atomic mass is 10.1. The second kappa shape index (κ2) is 3.30. The molecule has 4 heteroatoms. The molecule has 0 amide bonds. The average molecular weight is 185 g/mol. The van der Waals surface area contributed by atoms with Crippen LogP contribution in [0.2, 0.25) is 0 Å². The average Bonchev–Trinajstić information content (AvgIpc) is 2.19. The summed E-state index contributed by atoms with van der Waals surface area (Å²) in [6, 6.07) is 7.43. The van der Waals surface area contributed by atoms with Crippen LogP contribution in [0.1, 0.15) is 5.56 Å². The molecule has 0 fully saturated rings. The fourth-order valence-corrected chi connectivity index (χ4v) is 1.28. The molecular weight excluding hydrogens is 178 g/mol. The first kappa shape index (κ1) is 8.45. The topological polar surface area (TPSA) is 69.5 Å². The van der Waals surface area contributed by atoms with Gasteiger partial charge in [-0.1, -0.05) is 6.07 Å². The number of rotatable bonds is 1. The highest BCUT2D eigenvalue weighted by atomic mass is 16.1. The van der Waals surface area contributed by atoms with Gasteiger partial charge in [0.1, 0.15) is 0 Å². The summed E-state index contributed by atoms with van der Waals surface area (Å²) in [7, 11) is 0. The van der Waals surface area contributed by atoms with Crippen molar-refractivity contribution < 1.29 is 0 Å². The fourth-order valence-electron chi connectivity index (χ4n) is 1.28. The van der Waals surface area contributed by atoms with E-state index >= 15 is 0 Å². The van der Waals surface area contributed by atoms with E-state index in [0.717, 1.165) is 5.56 Å². The van der Waals surface area contributed by atoms with Crippen molar-refractivity contribution in [2.45, 2.75) is 6.42 Å². The number of aromatic amines is 1. The molecule has 2 aromatic rings. The predicted molar refractivity (Wildman–Crippen MR) is 51.7 cm³/mol. The van der Waals surface area contributed by atoms with E-state index in [1.54, 1.807) is 12.1 Å². The van der Waals surface area contributed by atoms with Crippen LogP contribution >= 0.6 is 0 Å². The summed E-state index contributed by atoms with van der Waals surface area (Å²) >= 11 is 0. The molecular formula is C10H7N3O. The highest BCUT2D eigenvalue weighted by Gasteiger charge is 1.97. The Kier molecular flexibility index (Phi) is 1.99. The van der Waals surface area contributed by atoms with Gasteiger partial charge in [0.25, 0.3) is 5.56 Å². The monoisotopic (exact) mass is 185 g/mol. The third-order valence-electron chi connectivity index (χ3n) is 1.92. The molecule has 4 nitrogen and oxygen atoms in total. The summed E-state index contributed by atoms with van der Waals surface area (Å²) in [5.74, 6) is 0. The van der Waals surface area contributed by atoms with Gasteiger partial charge in [-0.3, -0.25) is 4.79 Å². The van der Waals surface area contributed by atoms with Crippen molar-refractivity contribution in [3.05, 3.63) is 40.3 Å². The van der Waals surface area contributed by atoms with Crippen LogP contribution in [0.3, 0.4) is 0 Å². The molecule has 0 spiro atoms.